The molecule has 0 aliphatic carbocycles. The molecule has 0 saturated carbocycles. The number of halogens is 4. The van der Waals surface area contributed by atoms with Crippen LogP contribution < -0.4 is 5.56 Å². The van der Waals surface area contributed by atoms with Gasteiger partial charge in [-0.2, -0.15) is 13.2 Å². The number of aromatic amines is 1. The second-order valence-electron chi connectivity index (χ2n) is 2.63. The number of rotatable bonds is 1. The number of hydrogen-bond donors (Lipinski definition) is 1. The molecule has 1 heterocycles. The van der Waals surface area contributed by atoms with Gasteiger partial charge in [-0.25, -0.2) is 4.98 Å². The van der Waals surface area contributed by atoms with Gasteiger partial charge in [-0.3, -0.25) is 4.79 Å². The fourth-order valence-electron chi connectivity index (χ4n) is 0.810. The third-order valence-electron chi connectivity index (χ3n) is 1.43. The normalized spacial score (nSPS) is 14.1. The molecule has 0 bridgehead atoms. The molecule has 14 heavy (non-hydrogen) atoms. The minimum absolute atomic E-state index is 0.188. The van der Waals surface area contributed by atoms with Crippen molar-refractivity contribution in [1.82, 2.24) is 9.97 Å². The Morgan fingerprint density at radius 2 is 2.14 bits per heavy atom. The lowest BCUT2D eigenvalue weighted by molar-refractivity contribution is -0.141. The first-order chi connectivity index (χ1) is 6.30. The van der Waals surface area contributed by atoms with Crippen LogP contribution in [-0.2, 0) is 6.18 Å². The topological polar surface area (TPSA) is 45.8 Å². The average molecular weight is 227 g/mol. The van der Waals surface area contributed by atoms with Gasteiger partial charge in [0, 0.05) is 6.07 Å². The van der Waals surface area contributed by atoms with E-state index in [0.29, 0.717) is 6.07 Å². The highest BCUT2D eigenvalue weighted by molar-refractivity contribution is 6.20. The molecule has 0 saturated heterocycles. The fourth-order valence-corrected chi connectivity index (χ4v) is 0.913. The Bertz CT molecular complexity index is 385. The van der Waals surface area contributed by atoms with Crippen molar-refractivity contribution in [3.63, 3.8) is 0 Å². The third kappa shape index (κ3) is 2.47. The summed E-state index contributed by atoms with van der Waals surface area (Å²) in [7, 11) is 0. The summed E-state index contributed by atoms with van der Waals surface area (Å²) in [4.78, 5) is 16.1. The van der Waals surface area contributed by atoms with E-state index < -0.39 is 22.8 Å². The first kappa shape index (κ1) is 11.0. The molecule has 1 N–H and O–H groups in total. The van der Waals surface area contributed by atoms with Crippen molar-refractivity contribution in [2.24, 2.45) is 0 Å². The van der Waals surface area contributed by atoms with Gasteiger partial charge < -0.3 is 4.98 Å². The van der Waals surface area contributed by atoms with Crippen LogP contribution in [-0.4, -0.2) is 9.97 Å². The van der Waals surface area contributed by atoms with Gasteiger partial charge in [0.25, 0.3) is 5.56 Å². The maximum absolute atomic E-state index is 12.2. The zero-order valence-electron chi connectivity index (χ0n) is 7.02. The van der Waals surface area contributed by atoms with Gasteiger partial charge >= 0.3 is 6.18 Å². The van der Waals surface area contributed by atoms with Crippen LogP contribution in [0.25, 0.3) is 0 Å². The van der Waals surface area contributed by atoms with Gasteiger partial charge in [-0.15, -0.1) is 11.6 Å². The number of hydrogen-bond acceptors (Lipinski definition) is 2. The van der Waals surface area contributed by atoms with Crippen LogP contribution in [0.5, 0.6) is 0 Å². The summed E-state index contributed by atoms with van der Waals surface area (Å²) in [5, 5.41) is -0.773. The van der Waals surface area contributed by atoms with Gasteiger partial charge in [0.15, 0.2) is 5.69 Å². The van der Waals surface area contributed by atoms with E-state index in [1.807, 2.05) is 0 Å². The first-order valence-corrected chi connectivity index (χ1v) is 4.07. The maximum Gasteiger partial charge on any atom is 0.433 e. The van der Waals surface area contributed by atoms with E-state index >= 15 is 0 Å². The van der Waals surface area contributed by atoms with Crippen LogP contribution in [0.2, 0.25) is 0 Å². The van der Waals surface area contributed by atoms with Crippen LogP contribution in [0.15, 0.2) is 10.9 Å². The van der Waals surface area contributed by atoms with Crippen molar-refractivity contribution in [2.45, 2.75) is 18.5 Å². The monoisotopic (exact) mass is 226 g/mol. The lowest BCUT2D eigenvalue weighted by Gasteiger charge is -2.07. The number of nitrogens with zero attached hydrogens (tertiary/aromatic N) is 1. The number of H-pyrrole nitrogens is 1. The number of aromatic nitrogens is 2. The van der Waals surface area contributed by atoms with Crippen LogP contribution in [0.4, 0.5) is 13.2 Å². The highest BCUT2D eigenvalue weighted by Gasteiger charge is 2.33. The lowest BCUT2D eigenvalue weighted by atomic mass is 10.3. The summed E-state index contributed by atoms with van der Waals surface area (Å²) in [6, 6.07) is 0.392. The molecule has 1 aromatic rings. The molecule has 0 spiro atoms. The van der Waals surface area contributed by atoms with E-state index in [1.165, 1.54) is 6.92 Å². The Hall–Kier alpha value is -1.04. The molecule has 3 nitrogen and oxygen atoms in total. The summed E-state index contributed by atoms with van der Waals surface area (Å²) in [6.07, 6.45) is -4.63. The summed E-state index contributed by atoms with van der Waals surface area (Å²) in [5.41, 5.74) is -2.10. The van der Waals surface area contributed by atoms with Crippen molar-refractivity contribution in [3.05, 3.63) is 27.9 Å². The third-order valence-corrected chi connectivity index (χ3v) is 1.63. The van der Waals surface area contributed by atoms with Gasteiger partial charge in [-0.05, 0) is 6.92 Å². The number of alkyl halides is 4. The number of nitrogens with one attached hydrogen (secondary N) is 1. The van der Waals surface area contributed by atoms with E-state index in [1.54, 1.807) is 0 Å². The van der Waals surface area contributed by atoms with E-state index in [0.717, 1.165) is 0 Å². The summed E-state index contributed by atoms with van der Waals surface area (Å²) >= 11 is 5.50. The van der Waals surface area contributed by atoms with E-state index in [-0.39, 0.29) is 5.82 Å². The van der Waals surface area contributed by atoms with Crippen molar-refractivity contribution in [3.8, 4) is 0 Å². The molecule has 1 atom stereocenters. The molecular formula is C7H6ClF3N2O. The zero-order chi connectivity index (χ0) is 10.9. The standard InChI is InChI=1S/C7H6ClF3N2O/c1-3(8)6-12-4(7(9,10)11)2-5(14)13-6/h2-3H,1H3,(H,12,13,14). The summed E-state index contributed by atoms with van der Waals surface area (Å²) in [5.74, 6) is -0.188. The minimum Gasteiger partial charge on any atom is -0.309 e. The molecule has 0 radical (unpaired) electrons. The van der Waals surface area contributed by atoms with E-state index in [9.17, 15) is 18.0 Å². The molecule has 0 fully saturated rings. The van der Waals surface area contributed by atoms with Crippen molar-refractivity contribution in [1.29, 1.82) is 0 Å². The largest absolute Gasteiger partial charge is 0.433 e. The minimum atomic E-state index is -4.63. The Balaban J connectivity index is 3.28. The highest BCUT2D eigenvalue weighted by Crippen LogP contribution is 2.27. The predicted molar refractivity (Wildman–Crippen MR) is 44.1 cm³/mol. The van der Waals surface area contributed by atoms with E-state index in [2.05, 4.69) is 9.97 Å². The van der Waals surface area contributed by atoms with Crippen LogP contribution in [0.1, 0.15) is 23.8 Å². The van der Waals surface area contributed by atoms with Crippen molar-refractivity contribution in [2.75, 3.05) is 0 Å². The molecule has 7 heteroatoms. The highest BCUT2D eigenvalue weighted by atomic mass is 35.5. The summed E-state index contributed by atoms with van der Waals surface area (Å²) < 4.78 is 36.5. The van der Waals surface area contributed by atoms with Gasteiger partial charge in [-0.1, -0.05) is 0 Å². The fraction of sp³-hybridized carbons (Fsp3) is 0.429. The molecule has 0 amide bonds. The Morgan fingerprint density at radius 1 is 1.57 bits per heavy atom. The molecular weight excluding hydrogens is 221 g/mol. The zero-order valence-corrected chi connectivity index (χ0v) is 7.78. The van der Waals surface area contributed by atoms with Gasteiger partial charge in [0.05, 0.1) is 5.38 Å². The molecule has 0 aromatic carbocycles. The quantitative estimate of drug-likeness (QED) is 0.746. The summed E-state index contributed by atoms with van der Waals surface area (Å²) in [6.45, 7) is 1.42. The molecule has 1 unspecified atom stereocenters. The van der Waals surface area contributed by atoms with Crippen LogP contribution in [0.3, 0.4) is 0 Å². The Labute approximate surface area is 81.9 Å². The predicted octanol–water partition coefficient (Wildman–Crippen LogP) is 2.09. The Morgan fingerprint density at radius 3 is 2.57 bits per heavy atom. The first-order valence-electron chi connectivity index (χ1n) is 3.63. The van der Waals surface area contributed by atoms with Gasteiger partial charge in [0.1, 0.15) is 5.82 Å². The molecule has 0 aliphatic heterocycles. The molecule has 1 rings (SSSR count). The molecule has 0 aliphatic rings. The van der Waals surface area contributed by atoms with Crippen LogP contribution in [0, 0.1) is 0 Å². The van der Waals surface area contributed by atoms with E-state index in [4.69, 9.17) is 11.6 Å². The van der Waals surface area contributed by atoms with Crippen molar-refractivity contribution < 1.29 is 13.2 Å². The molecule has 1 aromatic heterocycles. The maximum atomic E-state index is 12.2. The van der Waals surface area contributed by atoms with Crippen molar-refractivity contribution >= 4 is 11.6 Å². The lowest BCUT2D eigenvalue weighted by Crippen LogP contribution is -2.18. The smallest absolute Gasteiger partial charge is 0.309 e. The van der Waals surface area contributed by atoms with Gasteiger partial charge in [0.2, 0.25) is 0 Å². The van der Waals surface area contributed by atoms with Crippen LogP contribution >= 0.6 is 11.6 Å². The average Bonchev–Trinajstić information content (AvgIpc) is 2.01. The second-order valence-corrected chi connectivity index (χ2v) is 3.28. The SMILES string of the molecule is CC(Cl)c1nc(C(F)(F)F)cc(=O)[nH]1. The Kier molecular flexibility index (Phi) is 2.84. The second kappa shape index (κ2) is 3.61. The molecule has 78 valence electrons.